The van der Waals surface area contributed by atoms with Gasteiger partial charge in [0.05, 0.1) is 25.3 Å². The van der Waals surface area contributed by atoms with Gasteiger partial charge in [-0.05, 0) is 19.9 Å². The van der Waals surface area contributed by atoms with Crippen LogP contribution >= 0.6 is 23.1 Å². The van der Waals surface area contributed by atoms with Crippen molar-refractivity contribution < 1.29 is 19.1 Å². The lowest BCUT2D eigenvalue weighted by atomic mass is 9.95. The summed E-state index contributed by atoms with van der Waals surface area (Å²) >= 11 is 2.86. The zero-order valence-electron chi connectivity index (χ0n) is 15.6. The number of hydrogen-bond acceptors (Lipinski definition) is 8. The van der Waals surface area contributed by atoms with Crippen molar-refractivity contribution in [3.8, 4) is 5.75 Å². The maximum Gasteiger partial charge on any atom is 0.338 e. The van der Waals surface area contributed by atoms with Crippen LogP contribution < -0.4 is 15.4 Å². The van der Waals surface area contributed by atoms with E-state index in [2.05, 4.69) is 20.8 Å². The molecule has 0 saturated heterocycles. The predicted molar refractivity (Wildman–Crippen MR) is 106 cm³/mol. The van der Waals surface area contributed by atoms with Crippen molar-refractivity contribution in [2.75, 3.05) is 19.5 Å². The summed E-state index contributed by atoms with van der Waals surface area (Å²) < 4.78 is 11.4. The summed E-state index contributed by atoms with van der Waals surface area (Å²) in [7, 11) is 1.55. The van der Waals surface area contributed by atoms with Crippen molar-refractivity contribution in [1.29, 1.82) is 0 Å². The Morgan fingerprint density at radius 2 is 2.11 bits per heavy atom. The van der Waals surface area contributed by atoms with Gasteiger partial charge < -0.3 is 20.1 Å². The first kappa shape index (κ1) is 20.2. The molecule has 1 aromatic carbocycles. The fourth-order valence-electron chi connectivity index (χ4n) is 2.79. The Bertz CT molecular complexity index is 912. The fourth-order valence-corrected chi connectivity index (χ4v) is 4.57. The number of para-hydroxylation sites is 1. The van der Waals surface area contributed by atoms with Gasteiger partial charge in [-0.1, -0.05) is 41.3 Å². The van der Waals surface area contributed by atoms with Crippen LogP contribution in [0.15, 0.2) is 39.9 Å². The largest absolute Gasteiger partial charge is 0.496 e. The van der Waals surface area contributed by atoms with Crippen molar-refractivity contribution in [2.45, 2.75) is 24.2 Å². The number of thioether (sulfide) groups is 1. The molecule has 2 heterocycles. The van der Waals surface area contributed by atoms with Gasteiger partial charge >= 0.3 is 12.0 Å². The zero-order valence-corrected chi connectivity index (χ0v) is 17.3. The number of rotatable bonds is 7. The smallest absolute Gasteiger partial charge is 0.338 e. The first-order valence-corrected chi connectivity index (χ1v) is 10.4. The van der Waals surface area contributed by atoms with E-state index in [1.54, 1.807) is 20.1 Å². The van der Waals surface area contributed by atoms with E-state index in [1.807, 2.05) is 25.1 Å². The molecule has 3 rings (SSSR count). The van der Waals surface area contributed by atoms with Gasteiger partial charge in [-0.3, -0.25) is 0 Å². The van der Waals surface area contributed by atoms with Crippen LogP contribution in [0, 0.1) is 6.92 Å². The van der Waals surface area contributed by atoms with Crippen molar-refractivity contribution in [3.63, 3.8) is 0 Å². The van der Waals surface area contributed by atoms with Crippen LogP contribution in [0.5, 0.6) is 5.75 Å². The summed E-state index contributed by atoms with van der Waals surface area (Å²) in [4.78, 5) is 25.1. The number of carbonyl (C=O) groups excluding carboxylic acids is 2. The normalized spacial score (nSPS) is 16.4. The Morgan fingerprint density at radius 1 is 1.32 bits per heavy atom. The Labute approximate surface area is 170 Å². The van der Waals surface area contributed by atoms with E-state index in [9.17, 15) is 9.59 Å². The van der Waals surface area contributed by atoms with Crippen LogP contribution in [-0.2, 0) is 9.53 Å². The van der Waals surface area contributed by atoms with Gasteiger partial charge in [0, 0.05) is 17.0 Å². The molecular formula is C18H20N4O4S2. The first-order valence-electron chi connectivity index (χ1n) is 8.57. The summed E-state index contributed by atoms with van der Waals surface area (Å²) in [6.07, 6.45) is 0. The number of carbonyl (C=O) groups is 2. The standard InChI is InChI=1S/C18H20N4O4S2/c1-4-26-16(23)14-12(9-27-18-22-21-10(2)28-18)19-17(24)20-15(14)11-7-5-6-8-13(11)25-3/h5-8,15H,4,9H2,1-3H3,(H2,19,20,24). The SMILES string of the molecule is CCOC(=O)C1=C(CSc2nnc(C)s2)NC(=O)NC1c1ccccc1OC. The number of nitrogens with zero attached hydrogens (tertiary/aromatic N) is 2. The molecule has 1 aliphatic heterocycles. The van der Waals surface area contributed by atoms with Crippen LogP contribution in [0.2, 0.25) is 0 Å². The molecule has 2 amide bonds. The second-order valence-electron chi connectivity index (χ2n) is 5.76. The fraction of sp³-hybridized carbons (Fsp3) is 0.333. The lowest BCUT2D eigenvalue weighted by Crippen LogP contribution is -2.46. The van der Waals surface area contributed by atoms with E-state index < -0.39 is 18.0 Å². The molecule has 1 aliphatic rings. The molecule has 0 aliphatic carbocycles. The van der Waals surface area contributed by atoms with Crippen molar-refractivity contribution in [3.05, 3.63) is 46.1 Å². The van der Waals surface area contributed by atoms with Gasteiger partial charge in [0.25, 0.3) is 0 Å². The highest BCUT2D eigenvalue weighted by Gasteiger charge is 2.35. The second kappa shape index (κ2) is 9.07. The number of esters is 1. The highest BCUT2D eigenvalue weighted by atomic mass is 32.2. The molecule has 10 heteroatoms. The molecule has 0 spiro atoms. The topological polar surface area (TPSA) is 102 Å². The maximum atomic E-state index is 12.8. The van der Waals surface area contributed by atoms with Crippen molar-refractivity contribution >= 4 is 35.1 Å². The van der Waals surface area contributed by atoms with Crippen LogP contribution in [0.1, 0.15) is 23.5 Å². The van der Waals surface area contributed by atoms with Crippen LogP contribution in [0.3, 0.4) is 0 Å². The number of urea groups is 1. The van der Waals surface area contributed by atoms with E-state index in [-0.39, 0.29) is 6.61 Å². The lowest BCUT2D eigenvalue weighted by molar-refractivity contribution is -0.139. The van der Waals surface area contributed by atoms with Crippen molar-refractivity contribution in [1.82, 2.24) is 20.8 Å². The average molecular weight is 421 g/mol. The molecule has 2 N–H and O–H groups in total. The Kier molecular flexibility index (Phi) is 6.53. The number of benzene rings is 1. The number of ether oxygens (including phenoxy) is 2. The molecule has 1 aromatic heterocycles. The molecule has 0 bridgehead atoms. The van der Waals surface area contributed by atoms with Gasteiger partial charge in [0.2, 0.25) is 0 Å². The number of hydrogen-bond donors (Lipinski definition) is 2. The first-order chi connectivity index (χ1) is 13.5. The van der Waals surface area contributed by atoms with E-state index >= 15 is 0 Å². The Hall–Kier alpha value is -2.59. The Morgan fingerprint density at radius 3 is 2.79 bits per heavy atom. The molecule has 8 nitrogen and oxygen atoms in total. The molecule has 2 aromatic rings. The predicted octanol–water partition coefficient (Wildman–Crippen LogP) is 2.82. The summed E-state index contributed by atoms with van der Waals surface area (Å²) in [6, 6.07) is 6.17. The average Bonchev–Trinajstić information content (AvgIpc) is 3.11. The molecule has 1 unspecified atom stereocenters. The summed E-state index contributed by atoms with van der Waals surface area (Å²) in [6.45, 7) is 3.84. The Balaban J connectivity index is 2.01. The minimum absolute atomic E-state index is 0.227. The summed E-state index contributed by atoms with van der Waals surface area (Å²) in [5.41, 5.74) is 1.51. The molecule has 1 atom stereocenters. The molecule has 28 heavy (non-hydrogen) atoms. The second-order valence-corrected chi connectivity index (χ2v) is 8.17. The zero-order chi connectivity index (χ0) is 20.1. The third kappa shape index (κ3) is 4.45. The van der Waals surface area contributed by atoms with Crippen LogP contribution in [0.25, 0.3) is 0 Å². The number of amides is 2. The van der Waals surface area contributed by atoms with Gasteiger partial charge in [0.1, 0.15) is 10.8 Å². The van der Waals surface area contributed by atoms with Gasteiger partial charge in [-0.2, -0.15) is 0 Å². The van der Waals surface area contributed by atoms with E-state index in [4.69, 9.17) is 9.47 Å². The monoisotopic (exact) mass is 420 g/mol. The molecular weight excluding hydrogens is 400 g/mol. The summed E-state index contributed by atoms with van der Waals surface area (Å²) in [5, 5.41) is 14.5. The summed E-state index contributed by atoms with van der Waals surface area (Å²) in [5.74, 6) is 0.431. The molecule has 0 saturated carbocycles. The van der Waals surface area contributed by atoms with Crippen molar-refractivity contribution in [2.24, 2.45) is 0 Å². The maximum absolute atomic E-state index is 12.8. The number of nitrogens with one attached hydrogen (secondary N) is 2. The van der Waals surface area contributed by atoms with Crippen LogP contribution in [0.4, 0.5) is 4.79 Å². The molecule has 148 valence electrons. The molecule has 0 fully saturated rings. The van der Waals surface area contributed by atoms with Crippen LogP contribution in [-0.4, -0.2) is 41.7 Å². The number of methoxy groups -OCH3 is 1. The van der Waals surface area contributed by atoms with E-state index in [0.29, 0.717) is 28.3 Å². The quantitative estimate of drug-likeness (QED) is 0.524. The van der Waals surface area contributed by atoms with Gasteiger partial charge in [-0.25, -0.2) is 9.59 Å². The van der Waals surface area contributed by atoms with Gasteiger partial charge in [-0.15, -0.1) is 10.2 Å². The molecule has 0 radical (unpaired) electrons. The minimum atomic E-state index is -0.685. The number of aromatic nitrogens is 2. The van der Waals surface area contributed by atoms with Gasteiger partial charge in [0.15, 0.2) is 4.34 Å². The minimum Gasteiger partial charge on any atom is -0.496 e. The lowest BCUT2D eigenvalue weighted by Gasteiger charge is -2.30. The van der Waals surface area contributed by atoms with E-state index in [0.717, 1.165) is 9.35 Å². The highest BCUT2D eigenvalue weighted by molar-refractivity contribution is 8.01. The third-order valence-corrected chi connectivity index (χ3v) is 5.94. The number of aryl methyl sites for hydroxylation is 1. The highest BCUT2D eigenvalue weighted by Crippen LogP contribution is 2.35. The third-order valence-electron chi connectivity index (χ3n) is 3.95. The van der Waals surface area contributed by atoms with E-state index in [1.165, 1.54) is 23.1 Å².